The normalized spacial score (nSPS) is 12.6. The van der Waals surface area contributed by atoms with E-state index in [1.165, 1.54) is 0 Å². The van der Waals surface area contributed by atoms with Crippen molar-refractivity contribution in [3.63, 3.8) is 0 Å². The van der Waals surface area contributed by atoms with Gasteiger partial charge in [0.05, 0.1) is 0 Å². The summed E-state index contributed by atoms with van der Waals surface area (Å²) in [5.41, 5.74) is 10.6. The third kappa shape index (κ3) is 5.02. The molecule has 0 heterocycles. The summed E-state index contributed by atoms with van der Waals surface area (Å²) in [4.78, 5) is 17.0. The number of thiol groups is 1. The number of nitrogens with one attached hydrogen (secondary N) is 1. The molecule has 0 aromatic carbocycles. The Labute approximate surface area is 70.9 Å². The van der Waals surface area contributed by atoms with E-state index in [1.807, 2.05) is 4.89 Å². The van der Waals surface area contributed by atoms with E-state index in [1.54, 1.807) is 0 Å². The second-order valence-corrected chi connectivity index (χ2v) is 2.23. The van der Waals surface area contributed by atoms with Crippen LogP contribution >= 0.6 is 12.8 Å². The van der Waals surface area contributed by atoms with Crippen LogP contribution in [-0.2, 0) is 9.63 Å². The standard InChI is InChI=1S/C5H13N3O2S/c6-3-1-2-4(7)5(9)10-8-11/h4,8,11H,1-3,6-7H2. The van der Waals surface area contributed by atoms with Gasteiger partial charge in [-0.15, -0.1) is 0 Å². The molecular formula is C5H13N3O2S. The minimum atomic E-state index is -0.613. The van der Waals surface area contributed by atoms with Gasteiger partial charge in [-0.3, -0.25) is 0 Å². The molecule has 0 radical (unpaired) electrons. The molecule has 0 aromatic heterocycles. The molecule has 0 fully saturated rings. The van der Waals surface area contributed by atoms with Crippen molar-refractivity contribution in [3.8, 4) is 0 Å². The number of nitrogens with two attached hydrogens (primary N) is 2. The second kappa shape index (κ2) is 6.41. The number of hydrogen-bond donors (Lipinski definition) is 4. The highest BCUT2D eigenvalue weighted by atomic mass is 32.1. The minimum absolute atomic E-state index is 0.520. The molecule has 6 heteroatoms. The highest BCUT2D eigenvalue weighted by Gasteiger charge is 2.13. The first-order valence-corrected chi connectivity index (χ1v) is 3.72. The van der Waals surface area contributed by atoms with Gasteiger partial charge >= 0.3 is 5.97 Å². The van der Waals surface area contributed by atoms with Crippen LogP contribution in [0.15, 0.2) is 0 Å². The van der Waals surface area contributed by atoms with Crippen molar-refractivity contribution in [1.29, 1.82) is 0 Å². The van der Waals surface area contributed by atoms with Gasteiger partial charge in [0, 0.05) is 0 Å². The van der Waals surface area contributed by atoms with Crippen molar-refractivity contribution in [1.82, 2.24) is 4.89 Å². The molecular weight excluding hydrogens is 166 g/mol. The summed E-state index contributed by atoms with van der Waals surface area (Å²) in [6.45, 7) is 0.523. The van der Waals surface area contributed by atoms with Crippen LogP contribution in [0.3, 0.4) is 0 Å². The fourth-order valence-electron chi connectivity index (χ4n) is 0.576. The monoisotopic (exact) mass is 179 g/mol. The minimum Gasteiger partial charge on any atom is -0.359 e. The van der Waals surface area contributed by atoms with Crippen LogP contribution in [0.2, 0.25) is 0 Å². The molecule has 0 spiro atoms. The van der Waals surface area contributed by atoms with Gasteiger partial charge < -0.3 is 16.3 Å². The summed E-state index contributed by atoms with van der Waals surface area (Å²) in [7, 11) is 0. The van der Waals surface area contributed by atoms with Crippen LogP contribution < -0.4 is 16.4 Å². The van der Waals surface area contributed by atoms with E-state index in [9.17, 15) is 4.79 Å². The Morgan fingerprint density at radius 3 is 2.82 bits per heavy atom. The van der Waals surface area contributed by atoms with Crippen LogP contribution in [0.5, 0.6) is 0 Å². The van der Waals surface area contributed by atoms with E-state index in [4.69, 9.17) is 11.5 Å². The molecule has 11 heavy (non-hydrogen) atoms. The molecule has 5 N–H and O–H groups in total. The fraction of sp³-hybridized carbons (Fsp3) is 0.800. The topological polar surface area (TPSA) is 90.4 Å². The van der Waals surface area contributed by atoms with Gasteiger partial charge in [0.2, 0.25) is 0 Å². The fourth-order valence-corrected chi connectivity index (χ4v) is 0.666. The van der Waals surface area contributed by atoms with E-state index in [2.05, 4.69) is 17.7 Å². The third-order valence-electron chi connectivity index (χ3n) is 1.17. The van der Waals surface area contributed by atoms with Crippen molar-refractivity contribution in [2.75, 3.05) is 6.54 Å². The molecule has 0 aliphatic heterocycles. The molecule has 1 atom stereocenters. The van der Waals surface area contributed by atoms with Crippen LogP contribution in [0.1, 0.15) is 12.8 Å². The van der Waals surface area contributed by atoms with Gasteiger partial charge in [-0.1, -0.05) is 17.7 Å². The molecule has 5 nitrogen and oxygen atoms in total. The molecule has 0 bridgehead atoms. The lowest BCUT2D eigenvalue weighted by atomic mass is 10.2. The first kappa shape index (κ1) is 10.7. The largest absolute Gasteiger partial charge is 0.359 e. The average Bonchev–Trinajstić information content (AvgIpc) is 2.00. The van der Waals surface area contributed by atoms with Gasteiger partial charge in [0.15, 0.2) is 0 Å². The van der Waals surface area contributed by atoms with E-state index in [0.29, 0.717) is 19.4 Å². The van der Waals surface area contributed by atoms with E-state index < -0.39 is 12.0 Å². The Morgan fingerprint density at radius 2 is 2.36 bits per heavy atom. The van der Waals surface area contributed by atoms with Crippen LogP contribution in [0.25, 0.3) is 0 Å². The third-order valence-corrected chi connectivity index (χ3v) is 1.26. The molecule has 66 valence electrons. The van der Waals surface area contributed by atoms with E-state index >= 15 is 0 Å². The first-order chi connectivity index (χ1) is 5.22. The zero-order chi connectivity index (χ0) is 8.69. The number of carbonyl (C=O) groups excluding carboxylic acids is 1. The Hall–Kier alpha value is -0.300. The van der Waals surface area contributed by atoms with Crippen molar-refractivity contribution < 1.29 is 9.63 Å². The second-order valence-electron chi connectivity index (χ2n) is 2.05. The summed E-state index contributed by atoms with van der Waals surface area (Å²) in [6.07, 6.45) is 1.24. The Balaban J connectivity index is 3.46. The summed E-state index contributed by atoms with van der Waals surface area (Å²) in [6, 6.07) is -0.613. The van der Waals surface area contributed by atoms with Gasteiger partial charge in [-0.05, 0) is 19.4 Å². The molecule has 0 amide bonds. The quantitative estimate of drug-likeness (QED) is 0.319. The molecule has 0 saturated heterocycles. The first-order valence-electron chi connectivity index (χ1n) is 3.27. The predicted octanol–water partition coefficient (Wildman–Crippen LogP) is -1.05. The van der Waals surface area contributed by atoms with Crippen molar-refractivity contribution in [2.24, 2.45) is 11.5 Å². The predicted molar refractivity (Wildman–Crippen MR) is 44.5 cm³/mol. The maximum Gasteiger partial charge on any atom is 0.342 e. The van der Waals surface area contributed by atoms with Crippen LogP contribution in [0.4, 0.5) is 0 Å². The van der Waals surface area contributed by atoms with E-state index in [-0.39, 0.29) is 0 Å². The van der Waals surface area contributed by atoms with Crippen molar-refractivity contribution in [3.05, 3.63) is 0 Å². The van der Waals surface area contributed by atoms with Gasteiger partial charge in [-0.2, -0.15) is 0 Å². The summed E-state index contributed by atoms with van der Waals surface area (Å²) in [5.74, 6) is -0.520. The summed E-state index contributed by atoms with van der Waals surface area (Å²) >= 11 is 3.47. The Bertz CT molecular complexity index is 122. The SMILES string of the molecule is NCCCC(N)C(=O)ONS. The van der Waals surface area contributed by atoms with Gasteiger partial charge in [-0.25, -0.2) is 4.79 Å². The summed E-state index contributed by atoms with van der Waals surface area (Å²) in [5, 5.41) is 0. The van der Waals surface area contributed by atoms with Crippen LogP contribution in [-0.4, -0.2) is 18.6 Å². The zero-order valence-electron chi connectivity index (χ0n) is 6.12. The number of rotatable bonds is 5. The molecule has 0 aromatic rings. The average molecular weight is 179 g/mol. The molecule has 0 rings (SSSR count). The maximum atomic E-state index is 10.7. The molecule has 0 aliphatic carbocycles. The summed E-state index contributed by atoms with van der Waals surface area (Å²) < 4.78 is 0. The van der Waals surface area contributed by atoms with Crippen LogP contribution in [0, 0.1) is 0 Å². The lowest BCUT2D eigenvalue weighted by Gasteiger charge is -2.07. The van der Waals surface area contributed by atoms with Gasteiger partial charge in [0.1, 0.15) is 6.04 Å². The molecule has 0 saturated carbocycles. The highest BCUT2D eigenvalue weighted by molar-refractivity contribution is 7.77. The lowest BCUT2D eigenvalue weighted by molar-refractivity contribution is -0.148. The van der Waals surface area contributed by atoms with Crippen molar-refractivity contribution in [2.45, 2.75) is 18.9 Å². The lowest BCUT2D eigenvalue weighted by Crippen LogP contribution is -2.34. The highest BCUT2D eigenvalue weighted by Crippen LogP contribution is 1.94. The zero-order valence-corrected chi connectivity index (χ0v) is 7.01. The van der Waals surface area contributed by atoms with Crippen molar-refractivity contribution >= 4 is 18.8 Å². The van der Waals surface area contributed by atoms with Gasteiger partial charge in [0.25, 0.3) is 0 Å². The number of hydrogen-bond acceptors (Lipinski definition) is 6. The Morgan fingerprint density at radius 1 is 1.73 bits per heavy atom. The molecule has 1 unspecified atom stereocenters. The van der Waals surface area contributed by atoms with E-state index in [0.717, 1.165) is 0 Å². The number of carbonyl (C=O) groups is 1. The smallest absolute Gasteiger partial charge is 0.342 e. The Kier molecular flexibility index (Phi) is 6.24. The molecule has 0 aliphatic rings. The maximum absolute atomic E-state index is 10.7.